The molecule has 34 heavy (non-hydrogen) atoms. The van der Waals surface area contributed by atoms with Crippen LogP contribution in [-0.2, 0) is 0 Å². The fourth-order valence-corrected chi connectivity index (χ4v) is 5.85. The molecule has 0 aromatic carbocycles. The molecule has 0 spiro atoms. The van der Waals surface area contributed by atoms with E-state index >= 15 is 0 Å². The highest BCUT2D eigenvalue weighted by molar-refractivity contribution is 5.57. The maximum absolute atomic E-state index is 9.93. The van der Waals surface area contributed by atoms with Gasteiger partial charge in [-0.2, -0.15) is 4.98 Å². The number of hydrogen-bond donors (Lipinski definition) is 3. The van der Waals surface area contributed by atoms with E-state index in [9.17, 15) is 5.11 Å². The van der Waals surface area contributed by atoms with E-state index in [1.807, 2.05) is 18.3 Å². The second-order valence-electron chi connectivity index (χ2n) is 10.1. The molecule has 1 saturated heterocycles. The Morgan fingerprint density at radius 1 is 1.00 bits per heavy atom. The molecule has 5 rings (SSSR count). The Balaban J connectivity index is 1.33. The van der Waals surface area contributed by atoms with Gasteiger partial charge < -0.3 is 25.4 Å². The van der Waals surface area contributed by atoms with Gasteiger partial charge in [0.25, 0.3) is 0 Å². The first kappa shape index (κ1) is 23.3. The Morgan fingerprint density at radius 3 is 2.50 bits per heavy atom. The first-order valence-electron chi connectivity index (χ1n) is 13.0. The maximum atomic E-state index is 9.93. The molecule has 0 bridgehead atoms. The third kappa shape index (κ3) is 5.61. The molecule has 0 atom stereocenters. The standard InChI is InChI=1S/C26H38N6O2/c1-34-24-16-20(10-13-27-24)30-26-28-17-23(25(31-26)29-19-6-8-22(33)9-7-19)18-11-14-32(15-12-18)21-4-2-3-5-21/h10,13,16-19,21-22,33H,2-9,11-12,14-15H2,1H3,(H2,27,28,29,30,31)/t19-,22-. The van der Waals surface area contributed by atoms with E-state index < -0.39 is 0 Å². The van der Waals surface area contributed by atoms with Gasteiger partial charge in [0.05, 0.1) is 13.2 Å². The van der Waals surface area contributed by atoms with Crippen LogP contribution < -0.4 is 15.4 Å². The summed E-state index contributed by atoms with van der Waals surface area (Å²) in [6.07, 6.45) is 15.0. The van der Waals surface area contributed by atoms with Crippen LogP contribution in [0.3, 0.4) is 0 Å². The van der Waals surface area contributed by atoms with E-state index in [2.05, 4.69) is 25.5 Å². The van der Waals surface area contributed by atoms with Crippen molar-refractivity contribution in [1.82, 2.24) is 19.9 Å². The van der Waals surface area contributed by atoms with Gasteiger partial charge in [0.2, 0.25) is 11.8 Å². The minimum atomic E-state index is -0.165. The smallest absolute Gasteiger partial charge is 0.229 e. The molecule has 1 aliphatic heterocycles. The Kier molecular flexibility index (Phi) is 7.45. The van der Waals surface area contributed by atoms with Crippen molar-refractivity contribution in [2.75, 3.05) is 30.8 Å². The molecule has 0 amide bonds. The third-order valence-corrected chi connectivity index (χ3v) is 7.87. The van der Waals surface area contributed by atoms with Crippen LogP contribution in [0, 0.1) is 0 Å². The van der Waals surface area contributed by atoms with Gasteiger partial charge in [-0.05, 0) is 76.4 Å². The number of pyridine rings is 1. The fraction of sp³-hybridized carbons (Fsp3) is 0.654. The maximum Gasteiger partial charge on any atom is 0.229 e. The molecule has 184 valence electrons. The fourth-order valence-electron chi connectivity index (χ4n) is 5.85. The van der Waals surface area contributed by atoms with Crippen LogP contribution in [0.1, 0.15) is 75.7 Å². The number of nitrogens with zero attached hydrogens (tertiary/aromatic N) is 4. The second kappa shape index (κ2) is 10.9. The van der Waals surface area contributed by atoms with Crippen LogP contribution in [0.2, 0.25) is 0 Å². The van der Waals surface area contributed by atoms with Gasteiger partial charge in [-0.1, -0.05) is 12.8 Å². The highest BCUT2D eigenvalue weighted by atomic mass is 16.5. The molecule has 8 nitrogen and oxygen atoms in total. The Labute approximate surface area is 202 Å². The van der Waals surface area contributed by atoms with E-state index in [4.69, 9.17) is 9.72 Å². The number of hydrogen-bond acceptors (Lipinski definition) is 8. The van der Waals surface area contributed by atoms with E-state index in [0.717, 1.165) is 56.1 Å². The summed E-state index contributed by atoms with van der Waals surface area (Å²) in [6, 6.07) is 4.86. The number of aliphatic hydroxyl groups excluding tert-OH is 1. The third-order valence-electron chi connectivity index (χ3n) is 7.87. The van der Waals surface area contributed by atoms with Gasteiger partial charge in [-0.15, -0.1) is 0 Å². The first-order chi connectivity index (χ1) is 16.7. The minimum Gasteiger partial charge on any atom is -0.481 e. The predicted octanol–water partition coefficient (Wildman–Crippen LogP) is 4.46. The molecule has 2 aromatic rings. The zero-order valence-electron chi connectivity index (χ0n) is 20.2. The molecule has 3 heterocycles. The van der Waals surface area contributed by atoms with Crippen molar-refractivity contribution in [2.24, 2.45) is 0 Å². The zero-order valence-corrected chi connectivity index (χ0v) is 20.2. The number of nitrogens with one attached hydrogen (secondary N) is 2. The molecular formula is C26H38N6O2. The van der Waals surface area contributed by atoms with Gasteiger partial charge in [0.1, 0.15) is 5.82 Å². The molecule has 3 aliphatic rings. The molecule has 2 aromatic heterocycles. The highest BCUT2D eigenvalue weighted by Gasteiger charge is 2.30. The monoisotopic (exact) mass is 466 g/mol. The number of rotatable bonds is 7. The number of aliphatic hydroxyl groups is 1. The van der Waals surface area contributed by atoms with Crippen molar-refractivity contribution in [3.63, 3.8) is 0 Å². The van der Waals surface area contributed by atoms with E-state index in [-0.39, 0.29) is 6.10 Å². The lowest BCUT2D eigenvalue weighted by Gasteiger charge is -2.36. The lowest BCUT2D eigenvalue weighted by atomic mass is 9.88. The molecular weight excluding hydrogens is 428 g/mol. The summed E-state index contributed by atoms with van der Waals surface area (Å²) in [6.45, 7) is 2.34. The number of likely N-dealkylation sites (tertiary alicyclic amines) is 1. The van der Waals surface area contributed by atoms with Crippen molar-refractivity contribution < 1.29 is 9.84 Å². The topological polar surface area (TPSA) is 95.4 Å². The first-order valence-corrected chi connectivity index (χ1v) is 13.0. The number of aromatic nitrogens is 3. The quantitative estimate of drug-likeness (QED) is 0.550. The largest absolute Gasteiger partial charge is 0.481 e. The van der Waals surface area contributed by atoms with Crippen molar-refractivity contribution in [3.05, 3.63) is 30.1 Å². The minimum absolute atomic E-state index is 0.165. The average Bonchev–Trinajstić information content (AvgIpc) is 3.41. The molecule has 3 N–H and O–H groups in total. The van der Waals surface area contributed by atoms with Crippen LogP contribution in [0.4, 0.5) is 17.5 Å². The summed E-state index contributed by atoms with van der Waals surface area (Å²) in [5.74, 6) is 2.54. The van der Waals surface area contributed by atoms with Gasteiger partial charge in [0, 0.05) is 41.8 Å². The summed E-state index contributed by atoms with van der Waals surface area (Å²) >= 11 is 0. The Hall–Kier alpha value is -2.45. The summed E-state index contributed by atoms with van der Waals surface area (Å²) < 4.78 is 5.24. The molecule has 2 aliphatic carbocycles. The van der Waals surface area contributed by atoms with E-state index in [1.165, 1.54) is 44.3 Å². The Bertz CT molecular complexity index is 935. The van der Waals surface area contributed by atoms with E-state index in [0.29, 0.717) is 23.8 Å². The lowest BCUT2D eigenvalue weighted by molar-refractivity contribution is 0.126. The normalized spacial score (nSPS) is 24.8. The van der Waals surface area contributed by atoms with Gasteiger partial charge in [-0.25, -0.2) is 9.97 Å². The van der Waals surface area contributed by atoms with Crippen molar-refractivity contribution >= 4 is 17.5 Å². The molecule has 8 heteroatoms. The van der Waals surface area contributed by atoms with Crippen LogP contribution in [-0.4, -0.2) is 63.3 Å². The number of piperidine rings is 1. The summed E-state index contributed by atoms with van der Waals surface area (Å²) in [4.78, 5) is 16.5. The average molecular weight is 467 g/mol. The predicted molar refractivity (Wildman–Crippen MR) is 134 cm³/mol. The van der Waals surface area contributed by atoms with Crippen LogP contribution in [0.5, 0.6) is 5.88 Å². The summed E-state index contributed by atoms with van der Waals surface area (Å²) in [5, 5.41) is 17.0. The van der Waals surface area contributed by atoms with Crippen LogP contribution in [0.15, 0.2) is 24.5 Å². The molecule has 0 unspecified atom stereocenters. The van der Waals surface area contributed by atoms with Crippen molar-refractivity contribution in [2.45, 2.75) is 88.3 Å². The van der Waals surface area contributed by atoms with Gasteiger partial charge in [0.15, 0.2) is 0 Å². The molecule has 3 fully saturated rings. The number of anilines is 3. The number of methoxy groups -OCH3 is 1. The van der Waals surface area contributed by atoms with Gasteiger partial charge >= 0.3 is 0 Å². The van der Waals surface area contributed by atoms with Crippen LogP contribution >= 0.6 is 0 Å². The van der Waals surface area contributed by atoms with Crippen molar-refractivity contribution in [3.8, 4) is 5.88 Å². The highest BCUT2D eigenvalue weighted by Crippen LogP contribution is 2.36. The van der Waals surface area contributed by atoms with E-state index in [1.54, 1.807) is 13.3 Å². The SMILES string of the molecule is COc1cc(Nc2ncc(C3CCN(C4CCCC4)CC3)c(N[C@H]3CC[C@H](O)CC3)n2)ccn1. The summed E-state index contributed by atoms with van der Waals surface area (Å²) in [5.41, 5.74) is 2.08. The van der Waals surface area contributed by atoms with Crippen LogP contribution in [0.25, 0.3) is 0 Å². The van der Waals surface area contributed by atoms with Crippen molar-refractivity contribution in [1.29, 1.82) is 0 Å². The lowest BCUT2D eigenvalue weighted by Crippen LogP contribution is -2.39. The molecule has 2 saturated carbocycles. The second-order valence-corrected chi connectivity index (χ2v) is 10.1. The van der Waals surface area contributed by atoms with Gasteiger partial charge in [-0.3, -0.25) is 0 Å². The zero-order chi connectivity index (χ0) is 23.3. The Morgan fingerprint density at radius 2 is 1.76 bits per heavy atom. The number of ether oxygens (including phenoxy) is 1. The summed E-state index contributed by atoms with van der Waals surface area (Å²) in [7, 11) is 1.61. The molecule has 0 radical (unpaired) electrons.